The molecule has 1 fully saturated rings. The van der Waals surface area contributed by atoms with Crippen LogP contribution in [-0.2, 0) is 14.8 Å². The molecule has 8 heteroatoms. The first kappa shape index (κ1) is 17.2. The van der Waals surface area contributed by atoms with Gasteiger partial charge in [0.25, 0.3) is 0 Å². The predicted octanol–water partition coefficient (Wildman–Crippen LogP) is 1.44. The van der Waals surface area contributed by atoms with Crippen molar-refractivity contribution in [3.8, 4) is 0 Å². The van der Waals surface area contributed by atoms with E-state index in [1.165, 1.54) is 0 Å². The molecule has 0 spiro atoms. The highest BCUT2D eigenvalue weighted by atomic mass is 32.2. The van der Waals surface area contributed by atoms with E-state index in [2.05, 4.69) is 14.9 Å². The fourth-order valence-corrected chi connectivity index (χ4v) is 4.07. The molecule has 132 valence electrons. The van der Waals surface area contributed by atoms with Gasteiger partial charge in [0.2, 0.25) is 16.0 Å². The second kappa shape index (κ2) is 7.08. The number of sulfonamides is 1. The standard InChI is InChI=1S/C16H24N4O3S/c1-13(2)23-11-12-24(21,22)20-9-7-19(8-10-20)16-17-14-5-3-4-6-15(14)18-16/h3-6,13H,7-12H2,1-2H3,(H,17,18). The SMILES string of the molecule is CC(C)OCCS(=O)(=O)N1CCN(c2nc3ccccc3[nH]2)CC1. The van der Waals surface area contributed by atoms with Crippen molar-refractivity contribution in [2.45, 2.75) is 20.0 Å². The summed E-state index contributed by atoms with van der Waals surface area (Å²) < 4.78 is 31.6. The van der Waals surface area contributed by atoms with Crippen molar-refractivity contribution >= 4 is 27.0 Å². The van der Waals surface area contributed by atoms with E-state index in [4.69, 9.17) is 4.74 Å². The highest BCUT2D eigenvalue weighted by Gasteiger charge is 2.27. The van der Waals surface area contributed by atoms with Crippen LogP contribution >= 0.6 is 0 Å². The number of para-hydroxylation sites is 2. The quantitative estimate of drug-likeness (QED) is 0.851. The number of imidazole rings is 1. The Morgan fingerprint density at radius 2 is 1.92 bits per heavy atom. The molecule has 1 aliphatic rings. The van der Waals surface area contributed by atoms with Crippen LogP contribution in [0.2, 0.25) is 0 Å². The Kier molecular flexibility index (Phi) is 5.07. The van der Waals surface area contributed by atoms with Crippen LogP contribution in [0, 0.1) is 0 Å². The second-order valence-corrected chi connectivity index (χ2v) is 8.29. The molecular weight excluding hydrogens is 328 g/mol. The molecule has 1 aromatic carbocycles. The Labute approximate surface area is 142 Å². The van der Waals surface area contributed by atoms with Crippen LogP contribution in [0.3, 0.4) is 0 Å². The molecular formula is C16H24N4O3S. The summed E-state index contributed by atoms with van der Waals surface area (Å²) in [7, 11) is -3.26. The van der Waals surface area contributed by atoms with E-state index >= 15 is 0 Å². The van der Waals surface area contributed by atoms with Crippen molar-refractivity contribution in [2.75, 3.05) is 43.4 Å². The fraction of sp³-hybridized carbons (Fsp3) is 0.562. The Morgan fingerprint density at radius 3 is 2.58 bits per heavy atom. The molecule has 0 atom stereocenters. The van der Waals surface area contributed by atoms with Gasteiger partial charge in [-0.15, -0.1) is 0 Å². The number of hydrogen-bond donors (Lipinski definition) is 1. The number of benzene rings is 1. The molecule has 2 aromatic rings. The van der Waals surface area contributed by atoms with Crippen molar-refractivity contribution in [1.82, 2.24) is 14.3 Å². The van der Waals surface area contributed by atoms with Crippen LogP contribution in [0.25, 0.3) is 11.0 Å². The molecule has 7 nitrogen and oxygen atoms in total. The van der Waals surface area contributed by atoms with E-state index in [0.717, 1.165) is 17.0 Å². The van der Waals surface area contributed by atoms with Crippen LogP contribution < -0.4 is 4.90 Å². The lowest BCUT2D eigenvalue weighted by Gasteiger charge is -2.33. The summed E-state index contributed by atoms with van der Waals surface area (Å²) in [5.41, 5.74) is 1.92. The maximum Gasteiger partial charge on any atom is 0.216 e. The normalized spacial score (nSPS) is 17.0. The second-order valence-electron chi connectivity index (χ2n) is 6.20. The van der Waals surface area contributed by atoms with Gasteiger partial charge in [0.05, 0.1) is 29.5 Å². The molecule has 0 amide bonds. The molecule has 1 aromatic heterocycles. The van der Waals surface area contributed by atoms with E-state index in [0.29, 0.717) is 26.2 Å². The van der Waals surface area contributed by atoms with Crippen LogP contribution in [0.1, 0.15) is 13.8 Å². The molecule has 24 heavy (non-hydrogen) atoms. The zero-order valence-corrected chi connectivity index (χ0v) is 14.9. The third-order valence-corrected chi connectivity index (χ3v) is 5.94. The molecule has 1 aliphatic heterocycles. The number of H-pyrrole nitrogens is 1. The summed E-state index contributed by atoms with van der Waals surface area (Å²) in [6, 6.07) is 7.87. The first-order valence-electron chi connectivity index (χ1n) is 8.25. The lowest BCUT2D eigenvalue weighted by atomic mass is 10.3. The van der Waals surface area contributed by atoms with Crippen LogP contribution in [0.15, 0.2) is 24.3 Å². The van der Waals surface area contributed by atoms with Gasteiger partial charge < -0.3 is 14.6 Å². The minimum Gasteiger partial charge on any atom is -0.378 e. The Bertz CT molecular complexity index is 746. The van der Waals surface area contributed by atoms with Gasteiger partial charge in [0, 0.05) is 26.2 Å². The summed E-state index contributed by atoms with van der Waals surface area (Å²) in [5.74, 6) is 0.840. The van der Waals surface area contributed by atoms with Gasteiger partial charge >= 0.3 is 0 Å². The minimum atomic E-state index is -3.26. The zero-order valence-electron chi connectivity index (χ0n) is 14.1. The number of nitrogens with zero attached hydrogens (tertiary/aromatic N) is 3. The molecule has 1 saturated heterocycles. The van der Waals surface area contributed by atoms with E-state index in [1.54, 1.807) is 4.31 Å². The summed E-state index contributed by atoms with van der Waals surface area (Å²) in [6.07, 6.45) is 0.0464. The number of ether oxygens (including phenoxy) is 1. The molecule has 3 rings (SSSR count). The predicted molar refractivity (Wildman–Crippen MR) is 94.8 cm³/mol. The van der Waals surface area contributed by atoms with Crippen molar-refractivity contribution in [3.63, 3.8) is 0 Å². The highest BCUT2D eigenvalue weighted by molar-refractivity contribution is 7.89. The van der Waals surface area contributed by atoms with Crippen molar-refractivity contribution in [2.24, 2.45) is 0 Å². The Morgan fingerprint density at radius 1 is 1.21 bits per heavy atom. The van der Waals surface area contributed by atoms with Gasteiger partial charge in [-0.1, -0.05) is 12.1 Å². The molecule has 0 saturated carbocycles. The Balaban J connectivity index is 1.59. The number of aromatic amines is 1. The van der Waals surface area contributed by atoms with Crippen molar-refractivity contribution < 1.29 is 13.2 Å². The van der Waals surface area contributed by atoms with Gasteiger partial charge in [-0.05, 0) is 26.0 Å². The van der Waals surface area contributed by atoms with Gasteiger partial charge in [-0.3, -0.25) is 0 Å². The van der Waals surface area contributed by atoms with E-state index in [1.807, 2.05) is 38.1 Å². The maximum atomic E-state index is 12.4. The number of nitrogens with one attached hydrogen (secondary N) is 1. The largest absolute Gasteiger partial charge is 0.378 e. The van der Waals surface area contributed by atoms with Gasteiger partial charge in [0.1, 0.15) is 0 Å². The van der Waals surface area contributed by atoms with Crippen LogP contribution in [0.4, 0.5) is 5.95 Å². The monoisotopic (exact) mass is 352 g/mol. The minimum absolute atomic E-state index is 0.0375. The Hall–Kier alpha value is -1.64. The number of anilines is 1. The zero-order chi connectivity index (χ0) is 17.2. The number of fused-ring (bicyclic) bond motifs is 1. The number of hydrogen-bond acceptors (Lipinski definition) is 5. The first-order chi connectivity index (χ1) is 11.5. The fourth-order valence-electron chi connectivity index (χ4n) is 2.79. The van der Waals surface area contributed by atoms with Gasteiger partial charge in [0.15, 0.2) is 0 Å². The lowest BCUT2D eigenvalue weighted by Crippen LogP contribution is -2.50. The summed E-state index contributed by atoms with van der Waals surface area (Å²) in [4.78, 5) is 9.96. The molecule has 0 bridgehead atoms. The molecule has 0 aliphatic carbocycles. The average molecular weight is 352 g/mol. The van der Waals surface area contributed by atoms with Gasteiger partial charge in [-0.2, -0.15) is 4.31 Å². The molecule has 2 heterocycles. The average Bonchev–Trinajstić information content (AvgIpc) is 2.98. The topological polar surface area (TPSA) is 78.5 Å². The highest BCUT2D eigenvalue weighted by Crippen LogP contribution is 2.19. The summed E-state index contributed by atoms with van der Waals surface area (Å²) >= 11 is 0. The third-order valence-electron chi connectivity index (χ3n) is 4.10. The molecule has 0 unspecified atom stereocenters. The van der Waals surface area contributed by atoms with E-state index in [-0.39, 0.29) is 18.5 Å². The van der Waals surface area contributed by atoms with Crippen molar-refractivity contribution in [3.05, 3.63) is 24.3 Å². The number of piperazine rings is 1. The number of aromatic nitrogens is 2. The van der Waals surface area contributed by atoms with E-state index in [9.17, 15) is 8.42 Å². The third kappa shape index (κ3) is 3.88. The first-order valence-corrected chi connectivity index (χ1v) is 9.86. The summed E-state index contributed by atoms with van der Waals surface area (Å²) in [6.45, 7) is 6.25. The maximum absolute atomic E-state index is 12.4. The van der Waals surface area contributed by atoms with E-state index < -0.39 is 10.0 Å². The molecule has 0 radical (unpaired) electrons. The van der Waals surface area contributed by atoms with Crippen LogP contribution in [-0.4, -0.2) is 67.3 Å². The van der Waals surface area contributed by atoms with Crippen molar-refractivity contribution in [1.29, 1.82) is 0 Å². The van der Waals surface area contributed by atoms with Gasteiger partial charge in [-0.25, -0.2) is 13.4 Å². The number of rotatable bonds is 6. The summed E-state index contributed by atoms with van der Waals surface area (Å²) in [5, 5.41) is 0. The lowest BCUT2D eigenvalue weighted by molar-refractivity contribution is 0.0906. The smallest absolute Gasteiger partial charge is 0.216 e. The molecule has 1 N–H and O–H groups in total. The van der Waals surface area contributed by atoms with Crippen LogP contribution in [0.5, 0.6) is 0 Å².